The lowest BCUT2D eigenvalue weighted by atomic mass is 10.2. The van der Waals surface area contributed by atoms with Gasteiger partial charge in [-0.1, -0.05) is 13.8 Å². The van der Waals surface area contributed by atoms with Gasteiger partial charge in [0.2, 0.25) is 0 Å². The number of nitrogens with one attached hydrogen (secondary N) is 2. The number of hydrogen-bond acceptors (Lipinski definition) is 4. The van der Waals surface area contributed by atoms with Gasteiger partial charge in [0.1, 0.15) is 12.2 Å². The quantitative estimate of drug-likeness (QED) is 0.349. The van der Waals surface area contributed by atoms with Crippen LogP contribution in [0.3, 0.4) is 0 Å². The molecule has 0 aromatic carbocycles. The summed E-state index contributed by atoms with van der Waals surface area (Å²) in [5.74, 6) is 1.69. The molecule has 7 nitrogen and oxygen atoms in total. The molecule has 0 aliphatic rings. The molecule has 23 heavy (non-hydrogen) atoms. The Hall–Kier alpha value is -0.900. The summed E-state index contributed by atoms with van der Waals surface area (Å²) >= 11 is 0. The highest BCUT2D eigenvalue weighted by molar-refractivity contribution is 14.0. The Morgan fingerprint density at radius 1 is 1.39 bits per heavy atom. The van der Waals surface area contributed by atoms with Crippen LogP contribution in [0.2, 0.25) is 0 Å². The predicted octanol–water partition coefficient (Wildman–Crippen LogP) is 1.61. The molecule has 0 spiro atoms. The number of aryl methyl sites for hydroxylation is 1. The van der Waals surface area contributed by atoms with E-state index in [9.17, 15) is 0 Å². The number of rotatable bonds is 9. The molecule has 0 saturated carbocycles. The Labute approximate surface area is 157 Å². The molecule has 0 aliphatic carbocycles. The number of hydrogen-bond donors (Lipinski definition) is 2. The molecule has 0 radical (unpaired) electrons. The Morgan fingerprint density at radius 3 is 2.61 bits per heavy atom. The summed E-state index contributed by atoms with van der Waals surface area (Å²) in [4.78, 5) is 10.9. The second kappa shape index (κ2) is 12.5. The fourth-order valence-electron chi connectivity index (χ4n) is 2.30. The summed E-state index contributed by atoms with van der Waals surface area (Å²) in [6.45, 7) is 10.6. The van der Waals surface area contributed by atoms with Crippen LogP contribution in [0.15, 0.2) is 11.3 Å². The highest BCUT2D eigenvalue weighted by atomic mass is 127. The topological polar surface area (TPSA) is 70.4 Å². The van der Waals surface area contributed by atoms with Gasteiger partial charge in [-0.2, -0.15) is 5.10 Å². The van der Waals surface area contributed by atoms with Gasteiger partial charge >= 0.3 is 0 Å². The molecule has 1 rings (SSSR count). The van der Waals surface area contributed by atoms with Gasteiger partial charge in [0.05, 0.1) is 6.54 Å². The minimum atomic E-state index is 0. The second-order valence-electron chi connectivity index (χ2n) is 5.44. The maximum Gasteiger partial charge on any atom is 0.191 e. The molecule has 134 valence electrons. The van der Waals surface area contributed by atoms with E-state index in [1.807, 2.05) is 7.05 Å². The van der Waals surface area contributed by atoms with Gasteiger partial charge in [0, 0.05) is 20.1 Å². The molecule has 0 aliphatic heterocycles. The number of guanidine groups is 1. The number of aliphatic imine (C=N–C) groups is 1. The average molecular weight is 437 g/mol. The summed E-state index contributed by atoms with van der Waals surface area (Å²) < 4.78 is 1.76. The molecule has 2 N–H and O–H groups in total. The van der Waals surface area contributed by atoms with Crippen LogP contribution >= 0.6 is 24.0 Å². The summed E-state index contributed by atoms with van der Waals surface area (Å²) in [6, 6.07) is 0.390. The van der Waals surface area contributed by atoms with Crippen molar-refractivity contribution in [3.05, 3.63) is 12.2 Å². The van der Waals surface area contributed by atoms with Crippen molar-refractivity contribution in [1.82, 2.24) is 30.3 Å². The van der Waals surface area contributed by atoms with Crippen molar-refractivity contribution in [2.24, 2.45) is 12.0 Å². The van der Waals surface area contributed by atoms with Gasteiger partial charge < -0.3 is 15.5 Å². The van der Waals surface area contributed by atoms with Crippen LogP contribution in [-0.4, -0.2) is 58.3 Å². The number of nitrogens with zero attached hydrogens (tertiary/aromatic N) is 5. The summed E-state index contributed by atoms with van der Waals surface area (Å²) in [5.41, 5.74) is 0. The molecule has 0 bridgehead atoms. The van der Waals surface area contributed by atoms with Gasteiger partial charge in [-0.3, -0.25) is 9.67 Å². The molecule has 1 aromatic rings. The highest BCUT2D eigenvalue weighted by Gasteiger charge is 2.07. The number of halogens is 1. The first kappa shape index (κ1) is 22.1. The van der Waals surface area contributed by atoms with E-state index in [1.54, 1.807) is 18.1 Å². The van der Waals surface area contributed by atoms with Crippen molar-refractivity contribution in [1.29, 1.82) is 0 Å². The van der Waals surface area contributed by atoms with E-state index in [-0.39, 0.29) is 24.0 Å². The molecule has 0 amide bonds. The summed E-state index contributed by atoms with van der Waals surface area (Å²) in [6.07, 6.45) is 3.88. The normalized spacial score (nSPS) is 12.9. The van der Waals surface area contributed by atoms with Crippen molar-refractivity contribution in [2.75, 3.05) is 26.7 Å². The fourth-order valence-corrected chi connectivity index (χ4v) is 2.30. The zero-order chi connectivity index (χ0) is 16.4. The van der Waals surface area contributed by atoms with E-state index in [0.717, 1.165) is 37.8 Å². The zero-order valence-electron chi connectivity index (χ0n) is 15.0. The predicted molar refractivity (Wildman–Crippen MR) is 106 cm³/mol. The van der Waals surface area contributed by atoms with Gasteiger partial charge in [0.15, 0.2) is 5.96 Å². The first-order valence-corrected chi connectivity index (χ1v) is 8.13. The van der Waals surface area contributed by atoms with Crippen LogP contribution in [0.5, 0.6) is 0 Å². The summed E-state index contributed by atoms with van der Waals surface area (Å²) in [7, 11) is 3.67. The Bertz CT molecular complexity index is 443. The Balaban J connectivity index is 0.00000484. The van der Waals surface area contributed by atoms with E-state index < -0.39 is 0 Å². The molecule has 0 saturated heterocycles. The van der Waals surface area contributed by atoms with Gasteiger partial charge in [-0.15, -0.1) is 24.0 Å². The monoisotopic (exact) mass is 437 g/mol. The lowest BCUT2D eigenvalue weighted by molar-refractivity contribution is 0.292. The van der Waals surface area contributed by atoms with Crippen LogP contribution in [0.1, 0.15) is 39.4 Å². The van der Waals surface area contributed by atoms with E-state index in [4.69, 9.17) is 0 Å². The average Bonchev–Trinajstić information content (AvgIpc) is 2.93. The number of aromatic nitrogens is 3. The fraction of sp³-hybridized carbons (Fsp3) is 0.800. The lowest BCUT2D eigenvalue weighted by Gasteiger charge is -2.21. The van der Waals surface area contributed by atoms with Crippen LogP contribution in [-0.2, 0) is 13.6 Å². The Kier molecular flexibility index (Phi) is 12.0. The standard InChI is InChI=1S/C15H31N7.HI/c1-6-22(7-2)10-8-9-13(3)20-15(16-4)17-11-14-18-12-19-21(14)5;/h12-13H,6-11H2,1-5H3,(H2,16,17,20);1H. The largest absolute Gasteiger partial charge is 0.354 e. The van der Waals surface area contributed by atoms with Crippen LogP contribution in [0.4, 0.5) is 0 Å². The first-order valence-electron chi connectivity index (χ1n) is 8.13. The minimum absolute atomic E-state index is 0. The van der Waals surface area contributed by atoms with Crippen molar-refractivity contribution < 1.29 is 0 Å². The third-order valence-corrected chi connectivity index (χ3v) is 3.83. The second-order valence-corrected chi connectivity index (χ2v) is 5.44. The van der Waals surface area contributed by atoms with Crippen molar-refractivity contribution in [3.8, 4) is 0 Å². The zero-order valence-corrected chi connectivity index (χ0v) is 17.4. The van der Waals surface area contributed by atoms with E-state index in [2.05, 4.69) is 51.4 Å². The molecular formula is C15H32IN7. The molecule has 0 fully saturated rings. The molecule has 8 heteroatoms. The van der Waals surface area contributed by atoms with Gasteiger partial charge in [-0.25, -0.2) is 4.98 Å². The van der Waals surface area contributed by atoms with Crippen LogP contribution < -0.4 is 10.6 Å². The molecule has 1 atom stereocenters. The molecular weight excluding hydrogens is 405 g/mol. The molecule has 1 unspecified atom stereocenters. The third kappa shape index (κ3) is 8.50. The SMILES string of the molecule is CCN(CC)CCCC(C)NC(=NC)NCc1ncnn1C.I. The van der Waals surface area contributed by atoms with Crippen LogP contribution in [0, 0.1) is 0 Å². The maximum atomic E-state index is 4.26. The smallest absolute Gasteiger partial charge is 0.191 e. The molecule has 1 heterocycles. The van der Waals surface area contributed by atoms with Crippen molar-refractivity contribution >= 4 is 29.9 Å². The molecule has 1 aromatic heterocycles. The van der Waals surface area contributed by atoms with Gasteiger partial charge in [-0.05, 0) is 39.4 Å². The van der Waals surface area contributed by atoms with E-state index >= 15 is 0 Å². The van der Waals surface area contributed by atoms with E-state index in [1.165, 1.54) is 6.42 Å². The maximum absolute atomic E-state index is 4.26. The Morgan fingerprint density at radius 2 is 2.09 bits per heavy atom. The first-order chi connectivity index (χ1) is 10.6. The minimum Gasteiger partial charge on any atom is -0.354 e. The van der Waals surface area contributed by atoms with Crippen molar-refractivity contribution in [3.63, 3.8) is 0 Å². The van der Waals surface area contributed by atoms with Crippen LogP contribution in [0.25, 0.3) is 0 Å². The van der Waals surface area contributed by atoms with E-state index in [0.29, 0.717) is 12.6 Å². The van der Waals surface area contributed by atoms with Gasteiger partial charge in [0.25, 0.3) is 0 Å². The summed E-state index contributed by atoms with van der Waals surface area (Å²) in [5, 5.41) is 10.7. The lowest BCUT2D eigenvalue weighted by Crippen LogP contribution is -2.42. The van der Waals surface area contributed by atoms with Crippen molar-refractivity contribution in [2.45, 2.75) is 46.2 Å². The highest BCUT2D eigenvalue weighted by Crippen LogP contribution is 2.00. The third-order valence-electron chi connectivity index (χ3n) is 3.83.